The maximum absolute atomic E-state index is 14.4. The van der Waals surface area contributed by atoms with Crippen molar-refractivity contribution in [1.82, 2.24) is 4.68 Å². The number of fused-ring (bicyclic) bond motifs is 5. The van der Waals surface area contributed by atoms with Crippen LogP contribution < -0.4 is 19.9 Å². The molecule has 0 N–H and O–H groups in total. The molecule has 0 radical (unpaired) electrons. The van der Waals surface area contributed by atoms with Crippen molar-refractivity contribution in [3.05, 3.63) is 142 Å². The number of halogens is 1. The Bertz CT molecular complexity index is 1600. The summed E-state index contributed by atoms with van der Waals surface area (Å²) in [6.45, 7) is 0.847. The van der Waals surface area contributed by atoms with Crippen LogP contribution in [0.5, 0.6) is 11.5 Å². The molecule has 0 spiro atoms. The van der Waals surface area contributed by atoms with Gasteiger partial charge in [0, 0.05) is 36.4 Å². The fourth-order valence-electron chi connectivity index (χ4n) is 5.49. The quantitative estimate of drug-likeness (QED) is 0.307. The predicted octanol–water partition coefficient (Wildman–Crippen LogP) is 5.84. The molecule has 6 rings (SSSR count). The van der Waals surface area contributed by atoms with E-state index in [0.29, 0.717) is 25.1 Å². The minimum atomic E-state index is -0.431. The number of rotatable bonds is 4. The SMILES string of the molecule is O=C1c2c(OCc3ccccc3)c(=O)ccn2N2CC1CC/C=C/COc1cc(F)ccc1[C@@H]2c1ccccc1. The zero-order valence-electron chi connectivity index (χ0n) is 21.9. The molecule has 2 bridgehead atoms. The van der Waals surface area contributed by atoms with E-state index in [9.17, 15) is 14.0 Å². The predicted molar refractivity (Wildman–Crippen MR) is 151 cm³/mol. The molecule has 0 saturated heterocycles. The van der Waals surface area contributed by atoms with Gasteiger partial charge in [-0.15, -0.1) is 0 Å². The summed E-state index contributed by atoms with van der Waals surface area (Å²) in [5.41, 5.74) is 2.47. The van der Waals surface area contributed by atoms with Crippen LogP contribution in [0.25, 0.3) is 0 Å². The molecular formula is C33H29FN2O4. The van der Waals surface area contributed by atoms with E-state index in [1.807, 2.05) is 72.8 Å². The van der Waals surface area contributed by atoms with Gasteiger partial charge in [0.15, 0.2) is 17.2 Å². The van der Waals surface area contributed by atoms with Crippen LogP contribution in [0.1, 0.15) is 46.1 Å². The summed E-state index contributed by atoms with van der Waals surface area (Å²) >= 11 is 0. The van der Waals surface area contributed by atoms with Crippen LogP contribution >= 0.6 is 0 Å². The van der Waals surface area contributed by atoms with E-state index < -0.39 is 11.9 Å². The molecule has 2 atom stereocenters. The maximum atomic E-state index is 14.4. The van der Waals surface area contributed by atoms with Gasteiger partial charge in [-0.2, -0.15) is 0 Å². The first kappa shape index (κ1) is 25.6. The second kappa shape index (κ2) is 11.2. The van der Waals surface area contributed by atoms with E-state index in [0.717, 1.165) is 16.7 Å². The molecule has 1 aromatic heterocycles. The molecule has 4 aromatic rings. The zero-order valence-corrected chi connectivity index (χ0v) is 21.9. The Balaban J connectivity index is 1.54. The van der Waals surface area contributed by atoms with E-state index in [4.69, 9.17) is 9.47 Å². The molecular weight excluding hydrogens is 507 g/mol. The summed E-state index contributed by atoms with van der Waals surface area (Å²) in [5.74, 6) is -0.424. The van der Waals surface area contributed by atoms with Gasteiger partial charge in [0.1, 0.15) is 24.8 Å². The standard InChI is InChI=1S/C33H29FN2O4/c34-26-15-16-27-29(20-26)39-19-9-3-8-14-25-21-36(30(27)24-12-6-2-7-13-24)35-18-17-28(37)33(31(35)32(25)38)40-22-23-10-4-1-5-11-23/h1-7,9-13,15-18,20,25,30H,8,14,19,21-22H2/b9-3+/t25?,30-/m0/s1. The molecule has 6 nitrogen and oxygen atoms in total. The summed E-state index contributed by atoms with van der Waals surface area (Å²) in [7, 11) is 0. The van der Waals surface area contributed by atoms with Gasteiger partial charge in [-0.25, -0.2) is 4.39 Å². The van der Waals surface area contributed by atoms with Gasteiger partial charge in [-0.1, -0.05) is 72.8 Å². The third-order valence-electron chi connectivity index (χ3n) is 7.42. The number of nitrogens with zero attached hydrogens (tertiary/aromatic N) is 2. The summed E-state index contributed by atoms with van der Waals surface area (Å²) in [6.07, 6.45) is 6.77. The minimum absolute atomic E-state index is 0.0380. The number of Topliss-reactive ketones (excluding diaryl/α,β-unsaturated/α-hetero) is 1. The number of allylic oxidation sites excluding steroid dienone is 1. The second-order valence-corrected chi connectivity index (χ2v) is 10.0. The average molecular weight is 537 g/mol. The third-order valence-corrected chi connectivity index (χ3v) is 7.42. The first-order chi connectivity index (χ1) is 19.6. The van der Waals surface area contributed by atoms with E-state index in [2.05, 4.69) is 5.01 Å². The molecule has 0 amide bonds. The van der Waals surface area contributed by atoms with Crippen molar-refractivity contribution < 1.29 is 18.7 Å². The monoisotopic (exact) mass is 536 g/mol. The van der Waals surface area contributed by atoms with Crippen LogP contribution in [0.4, 0.5) is 4.39 Å². The number of hydrogen-bond donors (Lipinski definition) is 0. The molecule has 2 aliphatic heterocycles. The lowest BCUT2D eigenvalue weighted by Gasteiger charge is -2.43. The number of hydrogen-bond acceptors (Lipinski definition) is 5. The molecule has 3 aromatic carbocycles. The fourth-order valence-corrected chi connectivity index (χ4v) is 5.49. The largest absolute Gasteiger partial charge is 0.489 e. The van der Waals surface area contributed by atoms with Gasteiger partial charge in [0.2, 0.25) is 5.43 Å². The zero-order chi connectivity index (χ0) is 27.5. The summed E-state index contributed by atoms with van der Waals surface area (Å²) in [5, 5.41) is 2.07. The Morgan fingerprint density at radius 3 is 2.50 bits per heavy atom. The number of carbonyl (C=O) groups is 1. The lowest BCUT2D eigenvalue weighted by Crippen LogP contribution is -2.51. The highest BCUT2D eigenvalue weighted by Gasteiger charge is 2.39. The van der Waals surface area contributed by atoms with Crippen molar-refractivity contribution in [2.45, 2.75) is 25.5 Å². The van der Waals surface area contributed by atoms with Crippen LogP contribution in [0.2, 0.25) is 0 Å². The number of ketones is 1. The van der Waals surface area contributed by atoms with E-state index >= 15 is 0 Å². The first-order valence-corrected chi connectivity index (χ1v) is 13.5. The van der Waals surface area contributed by atoms with Crippen molar-refractivity contribution in [2.75, 3.05) is 18.2 Å². The summed E-state index contributed by atoms with van der Waals surface area (Å²) < 4.78 is 28.3. The van der Waals surface area contributed by atoms with Crippen LogP contribution in [0.15, 0.2) is 108 Å². The van der Waals surface area contributed by atoms with Crippen LogP contribution in [0, 0.1) is 11.7 Å². The summed E-state index contributed by atoms with van der Waals surface area (Å²) in [4.78, 5) is 27.2. The Morgan fingerprint density at radius 2 is 1.70 bits per heavy atom. The van der Waals surface area contributed by atoms with E-state index in [1.54, 1.807) is 16.9 Å². The van der Waals surface area contributed by atoms with Crippen molar-refractivity contribution in [3.63, 3.8) is 0 Å². The number of carbonyl (C=O) groups excluding carboxylic acids is 1. The second-order valence-electron chi connectivity index (χ2n) is 10.0. The minimum Gasteiger partial charge on any atom is -0.489 e. The van der Waals surface area contributed by atoms with Crippen molar-refractivity contribution in [3.8, 4) is 11.5 Å². The normalized spacial score (nSPS) is 19.3. The van der Waals surface area contributed by atoms with Gasteiger partial charge in [0.25, 0.3) is 0 Å². The number of ether oxygens (including phenoxy) is 2. The van der Waals surface area contributed by atoms with Gasteiger partial charge < -0.3 is 9.47 Å². The highest BCUT2D eigenvalue weighted by Crippen LogP contribution is 2.39. The third kappa shape index (κ3) is 5.02. The highest BCUT2D eigenvalue weighted by molar-refractivity contribution is 6.00. The van der Waals surface area contributed by atoms with Crippen LogP contribution in [-0.2, 0) is 6.61 Å². The molecule has 40 heavy (non-hydrogen) atoms. The lowest BCUT2D eigenvalue weighted by molar-refractivity contribution is 0.0869. The van der Waals surface area contributed by atoms with Crippen LogP contribution in [-0.4, -0.2) is 23.6 Å². The van der Waals surface area contributed by atoms with E-state index in [-0.39, 0.29) is 41.8 Å². The Morgan fingerprint density at radius 1 is 0.925 bits per heavy atom. The molecule has 1 unspecified atom stereocenters. The highest BCUT2D eigenvalue weighted by atomic mass is 19.1. The van der Waals surface area contributed by atoms with Gasteiger partial charge >= 0.3 is 0 Å². The first-order valence-electron chi connectivity index (χ1n) is 13.5. The van der Waals surface area contributed by atoms with Crippen molar-refractivity contribution >= 4 is 5.78 Å². The lowest BCUT2D eigenvalue weighted by atomic mass is 9.90. The fraction of sp³-hybridized carbons (Fsp3) is 0.212. The van der Waals surface area contributed by atoms with E-state index in [1.165, 1.54) is 18.2 Å². The Hall–Kier alpha value is -4.65. The topological polar surface area (TPSA) is 60.8 Å². The average Bonchev–Trinajstić information content (AvgIpc) is 2.97. The molecule has 2 aliphatic rings. The van der Waals surface area contributed by atoms with Gasteiger partial charge in [0.05, 0.1) is 6.04 Å². The molecule has 7 heteroatoms. The smallest absolute Gasteiger partial charge is 0.224 e. The number of pyridine rings is 1. The number of aromatic nitrogens is 1. The van der Waals surface area contributed by atoms with Gasteiger partial charge in [-0.3, -0.25) is 19.3 Å². The molecule has 202 valence electrons. The number of benzene rings is 3. The summed E-state index contributed by atoms with van der Waals surface area (Å²) in [6, 6.07) is 24.9. The molecule has 0 aliphatic carbocycles. The Labute approximate surface area is 231 Å². The molecule has 0 fully saturated rings. The van der Waals surface area contributed by atoms with Gasteiger partial charge in [-0.05, 0) is 36.1 Å². The van der Waals surface area contributed by atoms with Crippen LogP contribution in [0.3, 0.4) is 0 Å². The maximum Gasteiger partial charge on any atom is 0.224 e. The van der Waals surface area contributed by atoms with Crippen molar-refractivity contribution in [2.24, 2.45) is 5.92 Å². The Kier molecular flexibility index (Phi) is 7.19. The van der Waals surface area contributed by atoms with Crippen molar-refractivity contribution in [1.29, 1.82) is 0 Å². The molecule has 0 saturated carbocycles. The molecule has 3 heterocycles.